The molecule has 0 atom stereocenters. The molecule has 33 heavy (non-hydrogen) atoms. The van der Waals surface area contributed by atoms with Crippen LogP contribution in [0.2, 0.25) is 0 Å². The molecule has 1 aliphatic rings. The van der Waals surface area contributed by atoms with E-state index in [0.717, 1.165) is 12.1 Å². The topological polar surface area (TPSA) is 58.4 Å². The first kappa shape index (κ1) is 22.6. The van der Waals surface area contributed by atoms with E-state index in [2.05, 4.69) is 5.10 Å². The summed E-state index contributed by atoms with van der Waals surface area (Å²) < 4.78 is 41.6. The van der Waals surface area contributed by atoms with Crippen LogP contribution in [0.3, 0.4) is 0 Å². The zero-order valence-corrected chi connectivity index (χ0v) is 18.3. The number of nitrogens with zero attached hydrogens (tertiary/aromatic N) is 4. The second-order valence-corrected chi connectivity index (χ2v) is 8.20. The van der Waals surface area contributed by atoms with Crippen LogP contribution in [0.1, 0.15) is 46.2 Å². The predicted octanol–water partition coefficient (Wildman–Crippen LogP) is 4.01. The van der Waals surface area contributed by atoms with Crippen molar-refractivity contribution in [2.75, 3.05) is 26.2 Å². The van der Waals surface area contributed by atoms with Gasteiger partial charge in [0, 0.05) is 31.7 Å². The highest BCUT2D eigenvalue weighted by molar-refractivity contribution is 5.96. The summed E-state index contributed by atoms with van der Waals surface area (Å²) in [4.78, 5) is 29.1. The van der Waals surface area contributed by atoms with Gasteiger partial charge in [-0.05, 0) is 48.4 Å². The van der Waals surface area contributed by atoms with Crippen LogP contribution in [0.25, 0.3) is 5.69 Å². The molecule has 1 aromatic heterocycles. The SMILES string of the molecule is CC(C)c1c(C(=O)N2CCN(C(=O)c3ccc(F)c(F)c3)CC2)cnn1-c1ccc(F)cc1. The molecule has 4 rings (SSSR count). The van der Waals surface area contributed by atoms with Crippen molar-refractivity contribution in [3.8, 4) is 5.69 Å². The van der Waals surface area contributed by atoms with Gasteiger partial charge >= 0.3 is 0 Å². The highest BCUT2D eigenvalue weighted by Crippen LogP contribution is 2.25. The molecule has 9 heteroatoms. The molecule has 0 spiro atoms. The van der Waals surface area contributed by atoms with Crippen molar-refractivity contribution in [1.82, 2.24) is 19.6 Å². The Balaban J connectivity index is 1.49. The van der Waals surface area contributed by atoms with E-state index in [4.69, 9.17) is 0 Å². The number of halogens is 3. The van der Waals surface area contributed by atoms with Gasteiger partial charge in [0.15, 0.2) is 11.6 Å². The van der Waals surface area contributed by atoms with E-state index >= 15 is 0 Å². The van der Waals surface area contributed by atoms with Gasteiger partial charge in [-0.1, -0.05) is 13.8 Å². The first-order chi connectivity index (χ1) is 15.8. The monoisotopic (exact) mass is 456 g/mol. The molecule has 1 aliphatic heterocycles. The fraction of sp³-hybridized carbons (Fsp3) is 0.292. The first-order valence-corrected chi connectivity index (χ1v) is 10.6. The van der Waals surface area contributed by atoms with Crippen LogP contribution in [0.4, 0.5) is 13.2 Å². The molecule has 6 nitrogen and oxygen atoms in total. The summed E-state index contributed by atoms with van der Waals surface area (Å²) in [5.41, 5.74) is 1.89. The van der Waals surface area contributed by atoms with E-state index in [0.29, 0.717) is 30.0 Å². The van der Waals surface area contributed by atoms with E-state index in [1.807, 2.05) is 13.8 Å². The highest BCUT2D eigenvalue weighted by atomic mass is 19.2. The lowest BCUT2D eigenvalue weighted by molar-refractivity contribution is 0.0534. The van der Waals surface area contributed by atoms with Crippen LogP contribution in [0.15, 0.2) is 48.7 Å². The van der Waals surface area contributed by atoms with E-state index in [1.54, 1.807) is 21.7 Å². The number of hydrogen-bond donors (Lipinski definition) is 0. The summed E-state index contributed by atoms with van der Waals surface area (Å²) in [5, 5.41) is 4.37. The molecule has 0 radical (unpaired) electrons. The van der Waals surface area contributed by atoms with Gasteiger partial charge in [0.2, 0.25) is 0 Å². The Bertz CT molecular complexity index is 1180. The van der Waals surface area contributed by atoms with Crippen molar-refractivity contribution in [3.05, 3.63) is 82.9 Å². The Hall–Kier alpha value is -3.62. The van der Waals surface area contributed by atoms with Gasteiger partial charge in [-0.2, -0.15) is 5.10 Å². The number of piperazine rings is 1. The summed E-state index contributed by atoms with van der Waals surface area (Å²) in [6.45, 7) is 5.04. The molecule has 0 unspecified atom stereocenters. The first-order valence-electron chi connectivity index (χ1n) is 10.6. The molecule has 1 saturated heterocycles. The van der Waals surface area contributed by atoms with E-state index < -0.39 is 17.5 Å². The minimum atomic E-state index is -1.07. The van der Waals surface area contributed by atoms with Gasteiger partial charge in [0.25, 0.3) is 11.8 Å². The molecule has 3 aromatic rings. The zero-order valence-electron chi connectivity index (χ0n) is 18.3. The van der Waals surface area contributed by atoms with Crippen LogP contribution in [0.5, 0.6) is 0 Å². The maximum absolute atomic E-state index is 13.5. The minimum absolute atomic E-state index is 0.0206. The lowest BCUT2D eigenvalue weighted by atomic mass is 10.0. The third-order valence-corrected chi connectivity index (χ3v) is 5.68. The summed E-state index contributed by atoms with van der Waals surface area (Å²) in [7, 11) is 0. The Morgan fingerprint density at radius 1 is 0.848 bits per heavy atom. The average Bonchev–Trinajstić information content (AvgIpc) is 3.26. The molecule has 0 aliphatic carbocycles. The molecule has 2 aromatic carbocycles. The molecule has 1 fully saturated rings. The highest BCUT2D eigenvalue weighted by Gasteiger charge is 2.29. The molecule has 0 N–H and O–H groups in total. The number of hydrogen-bond acceptors (Lipinski definition) is 3. The second kappa shape index (κ2) is 9.09. The second-order valence-electron chi connectivity index (χ2n) is 8.20. The lowest BCUT2D eigenvalue weighted by Crippen LogP contribution is -2.50. The number of carbonyl (C=O) groups excluding carboxylic acids is 2. The molecule has 0 saturated carbocycles. The molecule has 2 amide bonds. The van der Waals surface area contributed by atoms with Crippen LogP contribution >= 0.6 is 0 Å². The number of aromatic nitrogens is 2. The van der Waals surface area contributed by atoms with Gasteiger partial charge in [0.05, 0.1) is 23.1 Å². The van der Waals surface area contributed by atoms with Crippen LogP contribution in [-0.4, -0.2) is 57.6 Å². The van der Waals surface area contributed by atoms with Gasteiger partial charge < -0.3 is 9.80 Å². The number of amides is 2. The number of carbonyl (C=O) groups is 2. The minimum Gasteiger partial charge on any atom is -0.335 e. The zero-order chi connectivity index (χ0) is 23.7. The largest absolute Gasteiger partial charge is 0.335 e. The Morgan fingerprint density at radius 2 is 1.45 bits per heavy atom. The Labute approximate surface area is 189 Å². The van der Waals surface area contributed by atoms with Gasteiger partial charge in [0.1, 0.15) is 5.82 Å². The summed E-state index contributed by atoms with van der Waals surface area (Å²) >= 11 is 0. The van der Waals surface area contributed by atoms with Crippen molar-refractivity contribution in [3.63, 3.8) is 0 Å². The normalized spacial score (nSPS) is 14.1. The quantitative estimate of drug-likeness (QED) is 0.596. The van der Waals surface area contributed by atoms with E-state index in [-0.39, 0.29) is 36.3 Å². The fourth-order valence-corrected chi connectivity index (χ4v) is 3.96. The average molecular weight is 456 g/mol. The Kier molecular flexibility index (Phi) is 6.22. The van der Waals surface area contributed by atoms with Crippen LogP contribution in [-0.2, 0) is 0 Å². The third-order valence-electron chi connectivity index (χ3n) is 5.68. The molecule has 2 heterocycles. The maximum atomic E-state index is 13.5. The van der Waals surface area contributed by atoms with Crippen molar-refractivity contribution in [1.29, 1.82) is 0 Å². The van der Waals surface area contributed by atoms with Crippen molar-refractivity contribution in [2.24, 2.45) is 0 Å². The molecular weight excluding hydrogens is 433 g/mol. The summed E-state index contributed by atoms with van der Waals surface area (Å²) in [6, 6.07) is 8.94. The van der Waals surface area contributed by atoms with E-state index in [1.165, 1.54) is 29.3 Å². The van der Waals surface area contributed by atoms with E-state index in [9.17, 15) is 22.8 Å². The molecular formula is C24H23F3N4O2. The van der Waals surface area contributed by atoms with Gasteiger partial charge in [-0.15, -0.1) is 0 Å². The fourth-order valence-electron chi connectivity index (χ4n) is 3.96. The van der Waals surface area contributed by atoms with Crippen molar-refractivity contribution >= 4 is 11.8 Å². The number of benzene rings is 2. The van der Waals surface area contributed by atoms with Crippen LogP contribution in [0, 0.1) is 17.5 Å². The molecule has 0 bridgehead atoms. The van der Waals surface area contributed by atoms with Gasteiger partial charge in [-0.3, -0.25) is 9.59 Å². The lowest BCUT2D eigenvalue weighted by Gasteiger charge is -2.35. The van der Waals surface area contributed by atoms with Crippen molar-refractivity contribution in [2.45, 2.75) is 19.8 Å². The standard InChI is InChI=1S/C24H23F3N4O2/c1-15(2)22-19(14-28-31(22)18-6-4-17(25)5-7-18)24(33)30-11-9-29(10-12-30)23(32)16-3-8-20(26)21(27)13-16/h3-8,13-15H,9-12H2,1-2H3. The number of rotatable bonds is 4. The molecule has 172 valence electrons. The maximum Gasteiger partial charge on any atom is 0.257 e. The van der Waals surface area contributed by atoms with Gasteiger partial charge in [-0.25, -0.2) is 17.9 Å². The van der Waals surface area contributed by atoms with Crippen molar-refractivity contribution < 1.29 is 22.8 Å². The Morgan fingerprint density at radius 3 is 2.03 bits per heavy atom. The third kappa shape index (κ3) is 4.48. The van der Waals surface area contributed by atoms with Crippen LogP contribution < -0.4 is 0 Å². The summed E-state index contributed by atoms with van der Waals surface area (Å²) in [6.07, 6.45) is 1.51. The predicted molar refractivity (Wildman–Crippen MR) is 116 cm³/mol. The summed E-state index contributed by atoms with van der Waals surface area (Å²) in [5.74, 6) is -3.07. The smallest absolute Gasteiger partial charge is 0.257 e.